The molecule has 1 aromatic heterocycles. The molecule has 2 rings (SSSR count). The van der Waals surface area contributed by atoms with Crippen LogP contribution in [-0.2, 0) is 9.53 Å². The number of rotatable bonds is 6. The topological polar surface area (TPSA) is 86.8 Å². The summed E-state index contributed by atoms with van der Waals surface area (Å²) in [6.07, 6.45) is 2.95. The molecule has 1 aromatic carbocycles. The number of pyridine rings is 1. The second-order valence-electron chi connectivity index (χ2n) is 4.43. The lowest BCUT2D eigenvalue weighted by atomic mass is 10.2. The van der Waals surface area contributed by atoms with Crippen LogP contribution in [0, 0.1) is 0 Å². The summed E-state index contributed by atoms with van der Waals surface area (Å²) in [6, 6.07) is 7.95. The molecule has 0 saturated carbocycles. The van der Waals surface area contributed by atoms with E-state index in [1.807, 2.05) is 0 Å². The van der Waals surface area contributed by atoms with Gasteiger partial charge in [-0.05, 0) is 24.3 Å². The number of hydrogen-bond acceptors (Lipinski definition) is 6. The average Bonchev–Trinajstić information content (AvgIpc) is 2.60. The Kier molecular flexibility index (Phi) is 5.51. The highest BCUT2D eigenvalue weighted by Crippen LogP contribution is 2.29. The Morgan fingerprint density at radius 2 is 1.74 bits per heavy atom. The molecule has 0 radical (unpaired) electrons. The Morgan fingerprint density at radius 1 is 1.04 bits per heavy atom. The van der Waals surface area contributed by atoms with Gasteiger partial charge < -0.3 is 19.5 Å². The number of benzene rings is 1. The van der Waals surface area contributed by atoms with Gasteiger partial charge in [0.1, 0.15) is 0 Å². The zero-order valence-electron chi connectivity index (χ0n) is 12.7. The summed E-state index contributed by atoms with van der Waals surface area (Å²) in [4.78, 5) is 27.3. The maximum absolute atomic E-state index is 11.8. The van der Waals surface area contributed by atoms with Crippen LogP contribution in [0.5, 0.6) is 11.5 Å². The Balaban J connectivity index is 1.91. The summed E-state index contributed by atoms with van der Waals surface area (Å²) < 4.78 is 15.2. The lowest BCUT2D eigenvalue weighted by Gasteiger charge is -2.10. The van der Waals surface area contributed by atoms with Crippen molar-refractivity contribution in [1.82, 2.24) is 4.98 Å². The minimum absolute atomic E-state index is 0.332. The van der Waals surface area contributed by atoms with Gasteiger partial charge >= 0.3 is 5.97 Å². The number of hydrogen-bond donors (Lipinski definition) is 1. The highest BCUT2D eigenvalue weighted by Gasteiger charge is 2.11. The molecule has 0 spiro atoms. The van der Waals surface area contributed by atoms with Crippen LogP contribution in [-0.4, -0.2) is 37.7 Å². The number of aromatic nitrogens is 1. The lowest BCUT2D eigenvalue weighted by molar-refractivity contribution is -0.119. The number of nitrogens with zero attached hydrogens (tertiary/aromatic N) is 1. The van der Waals surface area contributed by atoms with Gasteiger partial charge in [-0.2, -0.15) is 0 Å². The van der Waals surface area contributed by atoms with E-state index in [2.05, 4.69) is 10.3 Å². The molecule has 7 heteroatoms. The molecule has 1 amide bonds. The van der Waals surface area contributed by atoms with Crippen molar-refractivity contribution in [3.63, 3.8) is 0 Å². The van der Waals surface area contributed by atoms with Crippen LogP contribution in [0.4, 0.5) is 5.69 Å². The first-order valence-electron chi connectivity index (χ1n) is 6.73. The van der Waals surface area contributed by atoms with E-state index in [1.54, 1.807) is 18.2 Å². The third-order valence-corrected chi connectivity index (χ3v) is 2.92. The highest BCUT2D eigenvalue weighted by molar-refractivity contribution is 5.95. The van der Waals surface area contributed by atoms with Crippen molar-refractivity contribution < 1.29 is 23.8 Å². The maximum Gasteiger partial charge on any atom is 0.338 e. The van der Waals surface area contributed by atoms with E-state index in [0.717, 1.165) is 0 Å². The minimum Gasteiger partial charge on any atom is -0.493 e. The zero-order chi connectivity index (χ0) is 16.7. The Labute approximate surface area is 133 Å². The molecule has 0 saturated heterocycles. The third-order valence-electron chi connectivity index (χ3n) is 2.92. The summed E-state index contributed by atoms with van der Waals surface area (Å²) >= 11 is 0. The summed E-state index contributed by atoms with van der Waals surface area (Å²) in [5, 5.41) is 2.61. The molecule has 1 N–H and O–H groups in total. The van der Waals surface area contributed by atoms with Gasteiger partial charge in [-0.25, -0.2) is 4.79 Å². The first-order chi connectivity index (χ1) is 11.1. The van der Waals surface area contributed by atoms with Crippen LogP contribution in [0.25, 0.3) is 0 Å². The SMILES string of the molecule is COc1ccc(NC(=O)COC(=O)c2ccncc2)cc1OC. The van der Waals surface area contributed by atoms with E-state index in [9.17, 15) is 9.59 Å². The predicted octanol–water partition coefficient (Wildman–Crippen LogP) is 1.89. The van der Waals surface area contributed by atoms with Crippen molar-refractivity contribution in [3.05, 3.63) is 48.3 Å². The van der Waals surface area contributed by atoms with Gasteiger partial charge in [0.05, 0.1) is 19.8 Å². The monoisotopic (exact) mass is 316 g/mol. The van der Waals surface area contributed by atoms with Crippen molar-refractivity contribution in [3.8, 4) is 11.5 Å². The minimum atomic E-state index is -0.588. The van der Waals surface area contributed by atoms with Crippen molar-refractivity contribution in [1.29, 1.82) is 0 Å². The molecule has 0 atom stereocenters. The lowest BCUT2D eigenvalue weighted by Crippen LogP contribution is -2.21. The second-order valence-corrected chi connectivity index (χ2v) is 4.43. The van der Waals surface area contributed by atoms with Crippen LogP contribution in [0.2, 0.25) is 0 Å². The number of carbonyl (C=O) groups excluding carboxylic acids is 2. The summed E-state index contributed by atoms with van der Waals surface area (Å²) in [5.41, 5.74) is 0.839. The van der Waals surface area contributed by atoms with E-state index >= 15 is 0 Å². The predicted molar refractivity (Wildman–Crippen MR) is 82.7 cm³/mol. The Hall–Kier alpha value is -3.09. The zero-order valence-corrected chi connectivity index (χ0v) is 12.7. The number of ether oxygens (including phenoxy) is 3. The van der Waals surface area contributed by atoms with E-state index in [1.165, 1.54) is 38.7 Å². The molecule has 0 bridgehead atoms. The first kappa shape index (κ1) is 16.3. The normalized spacial score (nSPS) is 9.83. The fourth-order valence-electron chi connectivity index (χ4n) is 1.81. The van der Waals surface area contributed by atoms with Gasteiger partial charge in [0.25, 0.3) is 5.91 Å². The number of carbonyl (C=O) groups is 2. The van der Waals surface area contributed by atoms with Crippen LogP contribution < -0.4 is 14.8 Å². The smallest absolute Gasteiger partial charge is 0.338 e. The van der Waals surface area contributed by atoms with Crippen molar-refractivity contribution in [2.45, 2.75) is 0 Å². The molecule has 1 heterocycles. The molecule has 0 fully saturated rings. The number of esters is 1. The molecule has 0 aliphatic rings. The van der Waals surface area contributed by atoms with Crippen molar-refractivity contribution in [2.75, 3.05) is 26.1 Å². The van der Waals surface area contributed by atoms with Crippen LogP contribution in [0.3, 0.4) is 0 Å². The Bertz CT molecular complexity index is 688. The first-order valence-corrected chi connectivity index (χ1v) is 6.73. The Morgan fingerprint density at radius 3 is 2.39 bits per heavy atom. The quantitative estimate of drug-likeness (QED) is 0.819. The standard InChI is InChI=1S/C16H16N2O5/c1-21-13-4-3-12(9-14(13)22-2)18-15(19)10-23-16(20)11-5-7-17-8-6-11/h3-9H,10H2,1-2H3,(H,18,19). The van der Waals surface area contributed by atoms with E-state index in [0.29, 0.717) is 22.7 Å². The van der Waals surface area contributed by atoms with Gasteiger partial charge in [-0.15, -0.1) is 0 Å². The van der Waals surface area contributed by atoms with E-state index in [-0.39, 0.29) is 0 Å². The van der Waals surface area contributed by atoms with Crippen LogP contribution in [0.1, 0.15) is 10.4 Å². The molecule has 0 unspecified atom stereocenters. The largest absolute Gasteiger partial charge is 0.493 e. The maximum atomic E-state index is 11.8. The molecular weight excluding hydrogens is 300 g/mol. The van der Waals surface area contributed by atoms with Gasteiger partial charge in [0.2, 0.25) is 0 Å². The highest BCUT2D eigenvalue weighted by atomic mass is 16.5. The van der Waals surface area contributed by atoms with Gasteiger partial charge in [-0.1, -0.05) is 0 Å². The third kappa shape index (κ3) is 4.44. The molecular formula is C16H16N2O5. The number of nitrogens with one attached hydrogen (secondary N) is 1. The van der Waals surface area contributed by atoms with E-state index in [4.69, 9.17) is 14.2 Å². The number of methoxy groups -OCH3 is 2. The average molecular weight is 316 g/mol. The van der Waals surface area contributed by atoms with Crippen molar-refractivity contribution in [2.24, 2.45) is 0 Å². The molecule has 0 aliphatic heterocycles. The molecule has 2 aromatic rings. The fourth-order valence-corrected chi connectivity index (χ4v) is 1.81. The summed E-state index contributed by atoms with van der Waals surface area (Å²) in [5.74, 6) is -0.0109. The van der Waals surface area contributed by atoms with Crippen LogP contribution in [0.15, 0.2) is 42.7 Å². The van der Waals surface area contributed by atoms with Gasteiger partial charge in [0.15, 0.2) is 18.1 Å². The van der Waals surface area contributed by atoms with Gasteiger partial charge in [0, 0.05) is 24.1 Å². The summed E-state index contributed by atoms with van der Waals surface area (Å²) in [7, 11) is 3.02. The van der Waals surface area contributed by atoms with Crippen molar-refractivity contribution >= 4 is 17.6 Å². The van der Waals surface area contributed by atoms with Gasteiger partial charge in [-0.3, -0.25) is 9.78 Å². The number of amides is 1. The molecule has 7 nitrogen and oxygen atoms in total. The summed E-state index contributed by atoms with van der Waals surface area (Å²) in [6.45, 7) is -0.393. The fraction of sp³-hybridized carbons (Fsp3) is 0.188. The van der Waals surface area contributed by atoms with Crippen LogP contribution >= 0.6 is 0 Å². The molecule has 0 aliphatic carbocycles. The second kappa shape index (κ2) is 7.79. The molecule has 23 heavy (non-hydrogen) atoms. The van der Waals surface area contributed by atoms with E-state index < -0.39 is 18.5 Å². The molecule has 120 valence electrons. The number of anilines is 1.